The second-order valence-corrected chi connectivity index (χ2v) is 3.10. The maximum absolute atomic E-state index is 4.72. The van der Waals surface area contributed by atoms with Crippen molar-refractivity contribution >= 4 is 5.71 Å². The van der Waals surface area contributed by atoms with Gasteiger partial charge in [-0.15, -0.1) is 0 Å². The van der Waals surface area contributed by atoms with Crippen LogP contribution in [0.5, 0.6) is 0 Å². The van der Waals surface area contributed by atoms with Gasteiger partial charge < -0.3 is 9.74 Å². The van der Waals surface area contributed by atoms with Crippen molar-refractivity contribution in [2.45, 2.75) is 13.3 Å². The molecule has 0 aromatic rings. The highest BCUT2D eigenvalue weighted by molar-refractivity contribution is 5.97. The highest BCUT2D eigenvalue weighted by Gasteiger charge is 2.09. The summed E-state index contributed by atoms with van der Waals surface area (Å²) in [5.74, 6) is 0. The van der Waals surface area contributed by atoms with E-state index in [2.05, 4.69) is 23.2 Å². The van der Waals surface area contributed by atoms with E-state index in [4.69, 9.17) is 4.84 Å². The first-order valence-corrected chi connectivity index (χ1v) is 4.19. The van der Waals surface area contributed by atoms with Gasteiger partial charge in [-0.1, -0.05) is 11.2 Å². The van der Waals surface area contributed by atoms with E-state index in [0.717, 1.165) is 25.2 Å². The second-order valence-electron chi connectivity index (χ2n) is 3.10. The third kappa shape index (κ3) is 2.34. The molecule has 0 aliphatic carbocycles. The van der Waals surface area contributed by atoms with Crippen LogP contribution >= 0.6 is 0 Å². The lowest BCUT2D eigenvalue weighted by molar-refractivity contribution is 0.213. The normalized spacial score (nSPS) is 20.6. The monoisotopic (exact) mass is 168 g/mol. The SMILES string of the molecule is CO/N=C(\C)C1=CCN(C)CC1. The molecule has 68 valence electrons. The average molecular weight is 168 g/mol. The van der Waals surface area contributed by atoms with Crippen molar-refractivity contribution in [3.8, 4) is 0 Å². The predicted octanol–water partition coefficient (Wildman–Crippen LogP) is 1.27. The highest BCUT2D eigenvalue weighted by atomic mass is 16.6. The van der Waals surface area contributed by atoms with Crippen LogP contribution in [0.15, 0.2) is 16.8 Å². The predicted molar refractivity (Wildman–Crippen MR) is 50.3 cm³/mol. The van der Waals surface area contributed by atoms with Crippen LogP contribution in [0, 0.1) is 0 Å². The van der Waals surface area contributed by atoms with Crippen LogP contribution in [0.4, 0.5) is 0 Å². The smallest absolute Gasteiger partial charge is 0.106 e. The number of likely N-dealkylation sites (N-methyl/N-ethyl adjacent to an activating group) is 1. The lowest BCUT2D eigenvalue weighted by atomic mass is 10.0. The second kappa shape index (κ2) is 4.26. The van der Waals surface area contributed by atoms with E-state index in [1.807, 2.05) is 6.92 Å². The molecule has 3 heteroatoms. The largest absolute Gasteiger partial charge is 0.399 e. The molecule has 1 aliphatic rings. The van der Waals surface area contributed by atoms with E-state index >= 15 is 0 Å². The molecule has 0 aromatic heterocycles. The Labute approximate surface area is 73.7 Å². The summed E-state index contributed by atoms with van der Waals surface area (Å²) in [6.07, 6.45) is 3.29. The van der Waals surface area contributed by atoms with Gasteiger partial charge in [0, 0.05) is 13.1 Å². The summed E-state index contributed by atoms with van der Waals surface area (Å²) in [7, 11) is 3.70. The van der Waals surface area contributed by atoms with E-state index in [0.29, 0.717) is 0 Å². The lowest BCUT2D eigenvalue weighted by Crippen LogP contribution is -2.25. The number of hydrogen-bond acceptors (Lipinski definition) is 3. The van der Waals surface area contributed by atoms with Crippen molar-refractivity contribution < 1.29 is 4.84 Å². The van der Waals surface area contributed by atoms with Crippen molar-refractivity contribution in [2.24, 2.45) is 5.16 Å². The molecular formula is C9H16N2O. The minimum Gasteiger partial charge on any atom is -0.399 e. The number of nitrogens with zero attached hydrogens (tertiary/aromatic N) is 2. The molecule has 0 spiro atoms. The first-order chi connectivity index (χ1) is 5.74. The molecule has 0 amide bonds. The summed E-state index contributed by atoms with van der Waals surface area (Å²) >= 11 is 0. The first kappa shape index (κ1) is 9.26. The fourth-order valence-corrected chi connectivity index (χ4v) is 1.29. The summed E-state index contributed by atoms with van der Waals surface area (Å²) < 4.78 is 0. The molecule has 1 aliphatic heterocycles. The zero-order valence-electron chi connectivity index (χ0n) is 8.00. The molecular weight excluding hydrogens is 152 g/mol. The van der Waals surface area contributed by atoms with E-state index in [9.17, 15) is 0 Å². The topological polar surface area (TPSA) is 24.8 Å². The minimum atomic E-state index is 1.01. The Hall–Kier alpha value is -0.830. The number of hydrogen-bond donors (Lipinski definition) is 0. The van der Waals surface area contributed by atoms with Crippen LogP contribution in [-0.2, 0) is 4.84 Å². The van der Waals surface area contributed by atoms with Crippen LogP contribution in [0.2, 0.25) is 0 Å². The maximum Gasteiger partial charge on any atom is 0.106 e. The number of rotatable bonds is 2. The van der Waals surface area contributed by atoms with Crippen LogP contribution in [-0.4, -0.2) is 37.9 Å². The van der Waals surface area contributed by atoms with Crippen molar-refractivity contribution in [1.82, 2.24) is 4.90 Å². The van der Waals surface area contributed by atoms with Gasteiger partial charge in [-0.05, 0) is 26.0 Å². The number of oxime groups is 1. The molecule has 0 fully saturated rings. The Morgan fingerprint density at radius 2 is 2.42 bits per heavy atom. The fourth-order valence-electron chi connectivity index (χ4n) is 1.29. The molecule has 0 aromatic carbocycles. The van der Waals surface area contributed by atoms with Gasteiger partial charge >= 0.3 is 0 Å². The van der Waals surface area contributed by atoms with Crippen molar-refractivity contribution in [3.63, 3.8) is 0 Å². The Morgan fingerprint density at radius 3 is 2.92 bits per heavy atom. The Bertz CT molecular complexity index is 209. The molecule has 0 radical (unpaired) electrons. The molecule has 0 bridgehead atoms. The third-order valence-corrected chi connectivity index (χ3v) is 2.11. The summed E-state index contributed by atoms with van der Waals surface area (Å²) in [4.78, 5) is 7.00. The summed E-state index contributed by atoms with van der Waals surface area (Å²) in [6, 6.07) is 0. The average Bonchev–Trinajstić information content (AvgIpc) is 2.06. The molecule has 3 nitrogen and oxygen atoms in total. The quantitative estimate of drug-likeness (QED) is 0.458. The molecule has 0 unspecified atom stereocenters. The van der Waals surface area contributed by atoms with Gasteiger partial charge in [-0.2, -0.15) is 0 Å². The Kier molecular flexibility index (Phi) is 3.29. The van der Waals surface area contributed by atoms with Gasteiger partial charge in [-0.3, -0.25) is 0 Å². The van der Waals surface area contributed by atoms with Gasteiger partial charge in [0.1, 0.15) is 7.11 Å². The molecule has 0 saturated heterocycles. The fraction of sp³-hybridized carbons (Fsp3) is 0.667. The zero-order chi connectivity index (χ0) is 8.97. The molecule has 1 heterocycles. The van der Waals surface area contributed by atoms with Gasteiger partial charge in [0.15, 0.2) is 0 Å². The summed E-state index contributed by atoms with van der Waals surface area (Å²) in [6.45, 7) is 4.12. The first-order valence-electron chi connectivity index (χ1n) is 4.19. The van der Waals surface area contributed by atoms with Crippen molar-refractivity contribution in [3.05, 3.63) is 11.6 Å². The molecule has 0 saturated carbocycles. The van der Waals surface area contributed by atoms with Gasteiger partial charge in [0.2, 0.25) is 0 Å². The zero-order valence-corrected chi connectivity index (χ0v) is 8.00. The molecule has 0 atom stereocenters. The lowest BCUT2D eigenvalue weighted by Gasteiger charge is -2.21. The Balaban J connectivity index is 2.58. The Morgan fingerprint density at radius 1 is 1.67 bits per heavy atom. The summed E-state index contributed by atoms with van der Waals surface area (Å²) in [5.41, 5.74) is 2.32. The van der Waals surface area contributed by atoms with E-state index < -0.39 is 0 Å². The highest BCUT2D eigenvalue weighted by Crippen LogP contribution is 2.10. The van der Waals surface area contributed by atoms with Gasteiger partial charge in [0.05, 0.1) is 5.71 Å². The van der Waals surface area contributed by atoms with Crippen molar-refractivity contribution in [1.29, 1.82) is 0 Å². The van der Waals surface area contributed by atoms with Gasteiger partial charge in [-0.25, -0.2) is 0 Å². The summed E-state index contributed by atoms with van der Waals surface area (Å²) in [5, 5.41) is 3.90. The minimum absolute atomic E-state index is 1.01. The molecule has 1 rings (SSSR count). The van der Waals surface area contributed by atoms with Crippen LogP contribution in [0.25, 0.3) is 0 Å². The van der Waals surface area contributed by atoms with Crippen LogP contribution in [0.1, 0.15) is 13.3 Å². The maximum atomic E-state index is 4.72. The third-order valence-electron chi connectivity index (χ3n) is 2.11. The van der Waals surface area contributed by atoms with E-state index in [1.165, 1.54) is 5.57 Å². The van der Waals surface area contributed by atoms with E-state index in [1.54, 1.807) is 7.11 Å². The van der Waals surface area contributed by atoms with Gasteiger partial charge in [0.25, 0.3) is 0 Å². The molecule has 0 N–H and O–H groups in total. The van der Waals surface area contributed by atoms with Crippen LogP contribution in [0.3, 0.4) is 0 Å². The van der Waals surface area contributed by atoms with Crippen LogP contribution < -0.4 is 0 Å². The molecule has 12 heavy (non-hydrogen) atoms. The van der Waals surface area contributed by atoms with Crippen molar-refractivity contribution in [2.75, 3.05) is 27.2 Å². The van der Waals surface area contributed by atoms with E-state index in [-0.39, 0.29) is 0 Å². The standard InChI is InChI=1S/C9H16N2O/c1-8(10-12-3)9-4-6-11(2)7-5-9/h4H,5-7H2,1-3H3/b10-8+.